The maximum atomic E-state index is 11.0. The number of nitrogens with zero attached hydrogens (tertiary/aromatic N) is 2. The summed E-state index contributed by atoms with van der Waals surface area (Å²) < 4.78 is 0. The lowest BCUT2D eigenvalue weighted by atomic mass is 10.0. The van der Waals surface area contributed by atoms with Gasteiger partial charge in [-0.2, -0.15) is 0 Å². The molecule has 4 heteroatoms. The molecule has 1 aliphatic rings. The summed E-state index contributed by atoms with van der Waals surface area (Å²) in [4.78, 5) is 14.9. The average Bonchev–Trinajstić information content (AvgIpc) is 2.59. The van der Waals surface area contributed by atoms with Gasteiger partial charge in [-0.25, -0.2) is 4.79 Å². The average molecular weight is 312 g/mol. The van der Waals surface area contributed by atoms with E-state index in [1.807, 2.05) is 0 Å². The van der Waals surface area contributed by atoms with Crippen LogP contribution < -0.4 is 0 Å². The van der Waals surface area contributed by atoms with Crippen molar-refractivity contribution in [2.24, 2.45) is 0 Å². The van der Waals surface area contributed by atoms with Gasteiger partial charge >= 0.3 is 6.09 Å². The van der Waals surface area contributed by atoms with Crippen molar-refractivity contribution in [3.63, 3.8) is 0 Å². The molecule has 4 nitrogen and oxygen atoms in total. The summed E-state index contributed by atoms with van der Waals surface area (Å²) in [5.74, 6) is 0. The highest BCUT2D eigenvalue weighted by molar-refractivity contribution is 5.85. The minimum absolute atomic E-state index is 0.168. The van der Waals surface area contributed by atoms with Crippen molar-refractivity contribution in [3.05, 3.63) is 48.0 Å². The summed E-state index contributed by atoms with van der Waals surface area (Å²) >= 11 is 0. The molecule has 1 heterocycles. The molecule has 1 N–H and O–H groups in total. The molecule has 0 spiro atoms. The van der Waals surface area contributed by atoms with E-state index in [2.05, 4.69) is 47.4 Å². The largest absolute Gasteiger partial charge is 0.465 e. The van der Waals surface area contributed by atoms with Crippen molar-refractivity contribution in [2.45, 2.75) is 25.3 Å². The van der Waals surface area contributed by atoms with Crippen LogP contribution in [0.5, 0.6) is 0 Å². The Morgan fingerprint density at radius 2 is 1.87 bits per heavy atom. The van der Waals surface area contributed by atoms with Crippen molar-refractivity contribution in [1.29, 1.82) is 0 Å². The predicted octanol–water partition coefficient (Wildman–Crippen LogP) is 3.46. The van der Waals surface area contributed by atoms with Crippen molar-refractivity contribution < 1.29 is 9.90 Å². The number of rotatable bonds is 4. The van der Waals surface area contributed by atoms with E-state index in [0.717, 1.165) is 38.9 Å². The second-order valence-corrected chi connectivity index (χ2v) is 6.35. The van der Waals surface area contributed by atoms with E-state index in [1.165, 1.54) is 21.2 Å². The number of carboxylic acid groups (broad SMARTS) is 1. The van der Waals surface area contributed by atoms with Crippen LogP contribution in [0.25, 0.3) is 10.8 Å². The van der Waals surface area contributed by atoms with Crippen LogP contribution in [0.4, 0.5) is 4.79 Å². The summed E-state index contributed by atoms with van der Waals surface area (Å²) in [6.07, 6.45) is 2.08. The first kappa shape index (κ1) is 15.8. The number of carbonyl (C=O) groups is 1. The van der Waals surface area contributed by atoms with Crippen molar-refractivity contribution >= 4 is 16.9 Å². The zero-order valence-electron chi connectivity index (χ0n) is 13.6. The van der Waals surface area contributed by atoms with Crippen LogP contribution in [0.2, 0.25) is 0 Å². The fourth-order valence-electron chi connectivity index (χ4n) is 3.48. The molecule has 1 saturated heterocycles. The van der Waals surface area contributed by atoms with Crippen LogP contribution in [-0.2, 0) is 6.42 Å². The summed E-state index contributed by atoms with van der Waals surface area (Å²) in [5, 5.41) is 11.7. The number of hydrogen-bond donors (Lipinski definition) is 1. The molecule has 1 aliphatic heterocycles. The summed E-state index contributed by atoms with van der Waals surface area (Å²) in [7, 11) is 1.68. The SMILES string of the molecule is CN(C(=O)O)C1CCN(CCc2cccc3ccccc23)CC1. The molecule has 3 rings (SSSR count). The van der Waals surface area contributed by atoms with Gasteiger partial charge in [-0.15, -0.1) is 0 Å². The Balaban J connectivity index is 1.56. The van der Waals surface area contributed by atoms with Gasteiger partial charge in [-0.3, -0.25) is 0 Å². The van der Waals surface area contributed by atoms with E-state index in [9.17, 15) is 4.79 Å². The number of benzene rings is 2. The number of likely N-dealkylation sites (tertiary alicyclic amines) is 1. The van der Waals surface area contributed by atoms with Crippen LogP contribution in [0.15, 0.2) is 42.5 Å². The number of fused-ring (bicyclic) bond motifs is 1. The smallest absolute Gasteiger partial charge is 0.407 e. The lowest BCUT2D eigenvalue weighted by Crippen LogP contribution is -2.45. The van der Waals surface area contributed by atoms with Crippen molar-refractivity contribution in [3.8, 4) is 0 Å². The Bertz CT molecular complexity index is 673. The van der Waals surface area contributed by atoms with Gasteiger partial charge in [-0.05, 0) is 35.6 Å². The van der Waals surface area contributed by atoms with Crippen LogP contribution in [0.1, 0.15) is 18.4 Å². The molecule has 1 fully saturated rings. The highest BCUT2D eigenvalue weighted by atomic mass is 16.4. The molecule has 23 heavy (non-hydrogen) atoms. The van der Waals surface area contributed by atoms with Gasteiger partial charge in [0.2, 0.25) is 0 Å². The third-order valence-electron chi connectivity index (χ3n) is 4.98. The van der Waals surface area contributed by atoms with Gasteiger partial charge in [0, 0.05) is 32.7 Å². The molecule has 2 aromatic carbocycles. The van der Waals surface area contributed by atoms with Crippen molar-refractivity contribution in [1.82, 2.24) is 9.80 Å². The predicted molar refractivity (Wildman–Crippen MR) is 92.9 cm³/mol. The fourth-order valence-corrected chi connectivity index (χ4v) is 3.48. The van der Waals surface area contributed by atoms with Gasteiger partial charge in [0.05, 0.1) is 0 Å². The van der Waals surface area contributed by atoms with Gasteiger partial charge < -0.3 is 14.9 Å². The standard InChI is InChI=1S/C19H24N2O2/c1-20(19(22)23)17-10-13-21(14-11-17)12-9-16-7-4-6-15-5-2-3-8-18(15)16/h2-8,17H,9-14H2,1H3,(H,22,23). The Hall–Kier alpha value is -2.07. The minimum Gasteiger partial charge on any atom is -0.465 e. The van der Waals surface area contributed by atoms with E-state index < -0.39 is 6.09 Å². The van der Waals surface area contributed by atoms with E-state index in [0.29, 0.717) is 0 Å². The fraction of sp³-hybridized carbons (Fsp3) is 0.421. The molecule has 0 unspecified atom stereocenters. The zero-order valence-corrected chi connectivity index (χ0v) is 13.6. The Morgan fingerprint density at radius 1 is 1.17 bits per heavy atom. The number of amides is 1. The second kappa shape index (κ2) is 7.01. The maximum Gasteiger partial charge on any atom is 0.407 e. The quantitative estimate of drug-likeness (QED) is 0.940. The molecule has 122 valence electrons. The first-order valence-electron chi connectivity index (χ1n) is 8.30. The molecule has 0 aliphatic carbocycles. The molecule has 0 atom stereocenters. The van der Waals surface area contributed by atoms with E-state index in [-0.39, 0.29) is 6.04 Å². The minimum atomic E-state index is -0.820. The summed E-state index contributed by atoms with van der Waals surface area (Å²) in [6.45, 7) is 3.00. The highest BCUT2D eigenvalue weighted by Gasteiger charge is 2.24. The molecule has 0 saturated carbocycles. The first-order valence-corrected chi connectivity index (χ1v) is 8.30. The maximum absolute atomic E-state index is 11.0. The monoisotopic (exact) mass is 312 g/mol. The van der Waals surface area contributed by atoms with Gasteiger partial charge in [-0.1, -0.05) is 42.5 Å². The highest BCUT2D eigenvalue weighted by Crippen LogP contribution is 2.20. The molecule has 0 bridgehead atoms. The topological polar surface area (TPSA) is 43.8 Å². The van der Waals surface area contributed by atoms with Gasteiger partial charge in [0.15, 0.2) is 0 Å². The molecule has 0 radical (unpaired) electrons. The lowest BCUT2D eigenvalue weighted by Gasteiger charge is -2.35. The Kier molecular flexibility index (Phi) is 4.82. The molecule has 1 amide bonds. The van der Waals surface area contributed by atoms with Crippen molar-refractivity contribution in [2.75, 3.05) is 26.7 Å². The second-order valence-electron chi connectivity index (χ2n) is 6.35. The summed E-state index contributed by atoms with van der Waals surface area (Å²) in [5.41, 5.74) is 1.40. The van der Waals surface area contributed by atoms with Crippen LogP contribution in [0.3, 0.4) is 0 Å². The lowest BCUT2D eigenvalue weighted by molar-refractivity contribution is 0.105. The molecule has 2 aromatic rings. The van der Waals surface area contributed by atoms with Gasteiger partial charge in [0.1, 0.15) is 0 Å². The van der Waals surface area contributed by atoms with E-state index >= 15 is 0 Å². The van der Waals surface area contributed by atoms with Crippen LogP contribution in [-0.4, -0.2) is 53.7 Å². The van der Waals surface area contributed by atoms with E-state index in [4.69, 9.17) is 5.11 Å². The number of piperidine rings is 1. The number of hydrogen-bond acceptors (Lipinski definition) is 2. The third kappa shape index (κ3) is 3.64. The summed E-state index contributed by atoms with van der Waals surface area (Å²) in [6, 6.07) is 15.2. The van der Waals surface area contributed by atoms with Gasteiger partial charge in [0.25, 0.3) is 0 Å². The zero-order chi connectivity index (χ0) is 16.2. The van der Waals surface area contributed by atoms with E-state index in [1.54, 1.807) is 7.05 Å². The molecule has 0 aromatic heterocycles. The van der Waals surface area contributed by atoms with Crippen LogP contribution in [0, 0.1) is 0 Å². The molecular weight excluding hydrogens is 288 g/mol. The Morgan fingerprint density at radius 3 is 2.61 bits per heavy atom. The first-order chi connectivity index (χ1) is 11.1. The normalized spacial score (nSPS) is 16.6. The Labute approximate surface area is 137 Å². The molecular formula is C19H24N2O2. The van der Waals surface area contributed by atoms with Crippen LogP contribution >= 0.6 is 0 Å². The third-order valence-corrected chi connectivity index (χ3v) is 4.98.